The van der Waals surface area contributed by atoms with Gasteiger partial charge in [0.05, 0.1) is 5.56 Å². The fourth-order valence-corrected chi connectivity index (χ4v) is 2.33. The largest absolute Gasteiger partial charge is 0.470 e. The van der Waals surface area contributed by atoms with Crippen LogP contribution in [0.4, 0.5) is 4.39 Å². The van der Waals surface area contributed by atoms with Crippen molar-refractivity contribution in [2.24, 2.45) is 10.3 Å². The SMILES string of the molecule is CON=C(C1=NOCCO1)c1ccccc1Oc1ncnc(I)c1F. The van der Waals surface area contributed by atoms with E-state index in [-0.39, 0.29) is 21.2 Å². The highest BCUT2D eigenvalue weighted by Crippen LogP contribution is 2.28. The highest BCUT2D eigenvalue weighted by molar-refractivity contribution is 14.1. The third-order valence-electron chi connectivity index (χ3n) is 3.01. The van der Waals surface area contributed by atoms with Crippen molar-refractivity contribution >= 4 is 34.2 Å². The summed E-state index contributed by atoms with van der Waals surface area (Å²) in [7, 11) is 1.39. The van der Waals surface area contributed by atoms with Crippen LogP contribution in [0.15, 0.2) is 40.9 Å². The van der Waals surface area contributed by atoms with Gasteiger partial charge in [0, 0.05) is 0 Å². The van der Waals surface area contributed by atoms with Crippen molar-refractivity contribution in [2.45, 2.75) is 0 Å². The maximum absolute atomic E-state index is 14.1. The number of halogens is 2. The predicted octanol–water partition coefficient (Wildman–Crippen LogP) is 2.72. The van der Waals surface area contributed by atoms with Gasteiger partial charge in [-0.15, -0.1) is 0 Å². The first-order valence-corrected chi connectivity index (χ1v) is 8.16. The second-order valence-electron chi connectivity index (χ2n) is 4.58. The number of rotatable bonds is 5. The molecule has 2 heterocycles. The van der Waals surface area contributed by atoms with E-state index < -0.39 is 5.82 Å². The van der Waals surface area contributed by atoms with Crippen molar-refractivity contribution in [3.63, 3.8) is 0 Å². The molecule has 10 heteroatoms. The Morgan fingerprint density at radius 2 is 2.12 bits per heavy atom. The van der Waals surface area contributed by atoms with Crippen molar-refractivity contribution in [1.29, 1.82) is 0 Å². The van der Waals surface area contributed by atoms with E-state index in [0.29, 0.717) is 24.5 Å². The van der Waals surface area contributed by atoms with E-state index in [1.807, 2.05) is 0 Å². The Morgan fingerprint density at radius 1 is 1.28 bits per heavy atom. The van der Waals surface area contributed by atoms with Crippen molar-refractivity contribution in [2.75, 3.05) is 20.3 Å². The van der Waals surface area contributed by atoms with E-state index in [0.717, 1.165) is 0 Å². The van der Waals surface area contributed by atoms with Gasteiger partial charge in [0.15, 0.2) is 12.3 Å². The molecule has 0 radical (unpaired) electrons. The van der Waals surface area contributed by atoms with Gasteiger partial charge in [-0.1, -0.05) is 17.3 Å². The summed E-state index contributed by atoms with van der Waals surface area (Å²) in [5.41, 5.74) is 0.726. The Labute approximate surface area is 155 Å². The van der Waals surface area contributed by atoms with Crippen molar-refractivity contribution in [3.8, 4) is 11.6 Å². The number of hydrogen-bond donors (Lipinski definition) is 0. The number of ether oxygens (including phenoxy) is 2. The van der Waals surface area contributed by atoms with Crippen LogP contribution in [0, 0.1) is 9.52 Å². The van der Waals surface area contributed by atoms with E-state index in [4.69, 9.17) is 19.1 Å². The van der Waals surface area contributed by atoms with Gasteiger partial charge in [-0.25, -0.2) is 4.98 Å². The van der Waals surface area contributed by atoms with Gasteiger partial charge in [0.2, 0.25) is 5.82 Å². The molecule has 0 saturated heterocycles. The molecule has 0 spiro atoms. The first-order chi connectivity index (χ1) is 12.2. The minimum atomic E-state index is -0.655. The molecule has 8 nitrogen and oxygen atoms in total. The number of para-hydroxylation sites is 1. The van der Waals surface area contributed by atoms with Crippen LogP contribution in [0.25, 0.3) is 0 Å². The summed E-state index contributed by atoms with van der Waals surface area (Å²) < 4.78 is 25.4. The maximum atomic E-state index is 14.1. The quantitative estimate of drug-likeness (QED) is 0.297. The molecule has 0 aliphatic carbocycles. The third-order valence-corrected chi connectivity index (χ3v) is 3.76. The molecular formula is C15H12FIN4O4. The normalized spacial score (nSPS) is 14.2. The molecule has 0 unspecified atom stereocenters. The van der Waals surface area contributed by atoms with Crippen LogP contribution in [0.1, 0.15) is 5.56 Å². The average molecular weight is 458 g/mol. The zero-order valence-electron chi connectivity index (χ0n) is 13.0. The fraction of sp³-hybridized carbons (Fsp3) is 0.200. The van der Waals surface area contributed by atoms with Crippen LogP contribution in [-0.4, -0.2) is 41.9 Å². The van der Waals surface area contributed by atoms with E-state index in [2.05, 4.69) is 20.3 Å². The van der Waals surface area contributed by atoms with Gasteiger partial charge in [0.25, 0.3) is 11.8 Å². The van der Waals surface area contributed by atoms with Crippen LogP contribution in [0.5, 0.6) is 11.6 Å². The van der Waals surface area contributed by atoms with E-state index in [9.17, 15) is 4.39 Å². The summed E-state index contributed by atoms with van der Waals surface area (Å²) >= 11 is 1.76. The topological polar surface area (TPSA) is 87.4 Å². The summed E-state index contributed by atoms with van der Waals surface area (Å²) in [4.78, 5) is 17.5. The van der Waals surface area contributed by atoms with Crippen molar-refractivity contribution in [3.05, 3.63) is 45.7 Å². The zero-order chi connectivity index (χ0) is 17.6. The number of oxime groups is 2. The molecule has 1 aliphatic rings. The molecule has 130 valence electrons. The van der Waals surface area contributed by atoms with E-state index in [1.165, 1.54) is 13.4 Å². The van der Waals surface area contributed by atoms with Gasteiger partial charge in [-0.05, 0) is 39.9 Å². The molecule has 0 saturated carbocycles. The Hall–Kier alpha value is -2.50. The van der Waals surface area contributed by atoms with Crippen LogP contribution < -0.4 is 4.74 Å². The summed E-state index contributed by atoms with van der Waals surface area (Å²) in [5.74, 6) is -0.422. The van der Waals surface area contributed by atoms with Crippen molar-refractivity contribution in [1.82, 2.24) is 9.97 Å². The number of benzene rings is 1. The Morgan fingerprint density at radius 3 is 2.88 bits per heavy atom. The fourth-order valence-electron chi connectivity index (χ4n) is 1.97. The second-order valence-corrected chi connectivity index (χ2v) is 5.60. The molecule has 25 heavy (non-hydrogen) atoms. The third kappa shape index (κ3) is 3.95. The maximum Gasteiger partial charge on any atom is 0.280 e. The van der Waals surface area contributed by atoms with Crippen LogP contribution in [0.2, 0.25) is 0 Å². The number of aromatic nitrogens is 2. The highest BCUT2D eigenvalue weighted by Gasteiger charge is 2.23. The Balaban J connectivity index is 2.01. The zero-order valence-corrected chi connectivity index (χ0v) is 15.1. The van der Waals surface area contributed by atoms with Crippen molar-refractivity contribution < 1.29 is 23.5 Å². The Bertz CT molecular complexity index is 831. The molecular weight excluding hydrogens is 446 g/mol. The molecule has 0 fully saturated rings. The first kappa shape index (κ1) is 17.3. The summed E-state index contributed by atoms with van der Waals surface area (Å²) in [6, 6.07) is 6.84. The smallest absolute Gasteiger partial charge is 0.280 e. The molecule has 2 aromatic rings. The van der Waals surface area contributed by atoms with Gasteiger partial charge in [-0.3, -0.25) is 0 Å². The summed E-state index contributed by atoms with van der Waals surface area (Å²) in [6.07, 6.45) is 1.22. The predicted molar refractivity (Wildman–Crippen MR) is 94.1 cm³/mol. The Kier molecular flexibility index (Phi) is 5.58. The van der Waals surface area contributed by atoms with Gasteiger partial charge in [0.1, 0.15) is 29.5 Å². The standard InChI is InChI=1S/C15H12FIN4O4/c1-22-20-12(15-21-24-7-6-23-15)9-4-2-3-5-10(9)25-14-11(16)13(17)18-8-19-14/h2-5,8H,6-7H2,1H3. The molecule has 1 aromatic carbocycles. The highest BCUT2D eigenvalue weighted by atomic mass is 127. The summed E-state index contributed by atoms with van der Waals surface area (Å²) in [5, 5.41) is 7.76. The molecule has 1 aliphatic heterocycles. The number of hydrogen-bond acceptors (Lipinski definition) is 8. The van der Waals surface area contributed by atoms with Crippen LogP contribution in [0.3, 0.4) is 0 Å². The van der Waals surface area contributed by atoms with E-state index in [1.54, 1.807) is 46.9 Å². The molecule has 0 bridgehead atoms. The lowest BCUT2D eigenvalue weighted by molar-refractivity contribution is 0.0672. The molecule has 1 aromatic heterocycles. The summed E-state index contributed by atoms with van der Waals surface area (Å²) in [6.45, 7) is 0.663. The average Bonchev–Trinajstić information content (AvgIpc) is 2.65. The second kappa shape index (κ2) is 8.05. The first-order valence-electron chi connectivity index (χ1n) is 7.08. The van der Waals surface area contributed by atoms with Gasteiger partial charge >= 0.3 is 0 Å². The lowest BCUT2D eigenvalue weighted by Crippen LogP contribution is -2.25. The lowest BCUT2D eigenvalue weighted by Gasteiger charge is -2.16. The molecule has 0 N–H and O–H groups in total. The number of nitrogens with zero attached hydrogens (tertiary/aromatic N) is 4. The van der Waals surface area contributed by atoms with Crippen LogP contribution in [-0.2, 0) is 14.4 Å². The molecule has 0 atom stereocenters. The monoisotopic (exact) mass is 458 g/mol. The molecule has 3 rings (SSSR count). The van der Waals surface area contributed by atoms with Gasteiger partial charge < -0.3 is 19.1 Å². The van der Waals surface area contributed by atoms with Crippen LogP contribution >= 0.6 is 22.6 Å². The minimum absolute atomic E-state index is 0.141. The van der Waals surface area contributed by atoms with E-state index >= 15 is 0 Å². The minimum Gasteiger partial charge on any atom is -0.470 e. The lowest BCUT2D eigenvalue weighted by atomic mass is 10.1. The molecule has 0 amide bonds. The van der Waals surface area contributed by atoms with Gasteiger partial charge in [-0.2, -0.15) is 9.37 Å².